The molecule has 166 valence electrons. The Bertz CT molecular complexity index is 1190. The molecule has 0 atom stereocenters. The van der Waals surface area contributed by atoms with Crippen molar-refractivity contribution in [3.63, 3.8) is 0 Å². The van der Waals surface area contributed by atoms with Crippen LogP contribution in [0.4, 0.5) is 16.2 Å². The van der Waals surface area contributed by atoms with Gasteiger partial charge >= 0.3 is 6.03 Å². The Kier molecular flexibility index (Phi) is 6.08. The highest BCUT2D eigenvalue weighted by molar-refractivity contribution is 7.12. The minimum absolute atomic E-state index is 0.0905. The number of nitrogens with zero attached hydrogens (tertiary/aromatic N) is 1. The summed E-state index contributed by atoms with van der Waals surface area (Å²) in [5.41, 5.74) is 2.60. The van der Waals surface area contributed by atoms with Crippen molar-refractivity contribution in [3.05, 3.63) is 57.4 Å². The molecule has 0 saturated carbocycles. The normalized spacial score (nSPS) is 13.1. The average molecular weight is 471 g/mol. The summed E-state index contributed by atoms with van der Waals surface area (Å²) in [5, 5.41) is 10.0. The Balaban J connectivity index is 1.53. The van der Waals surface area contributed by atoms with Gasteiger partial charge in [0.15, 0.2) is 12.4 Å². The van der Waals surface area contributed by atoms with Crippen molar-refractivity contribution in [1.82, 2.24) is 10.3 Å². The lowest BCUT2D eigenvalue weighted by molar-refractivity contribution is -0.118. The predicted octanol–water partition coefficient (Wildman–Crippen LogP) is 5.41. The van der Waals surface area contributed by atoms with E-state index in [4.69, 9.17) is 21.3 Å². The van der Waals surface area contributed by atoms with Crippen LogP contribution in [-0.4, -0.2) is 23.5 Å². The van der Waals surface area contributed by atoms with E-state index in [9.17, 15) is 9.59 Å². The van der Waals surface area contributed by atoms with Gasteiger partial charge in [-0.05, 0) is 24.3 Å². The van der Waals surface area contributed by atoms with Gasteiger partial charge in [0.2, 0.25) is 0 Å². The highest BCUT2D eigenvalue weighted by atomic mass is 35.5. The van der Waals surface area contributed by atoms with E-state index in [0.29, 0.717) is 28.7 Å². The van der Waals surface area contributed by atoms with E-state index in [-0.39, 0.29) is 24.0 Å². The van der Waals surface area contributed by atoms with Gasteiger partial charge in [-0.25, -0.2) is 9.78 Å². The predicted molar refractivity (Wildman–Crippen MR) is 128 cm³/mol. The topological polar surface area (TPSA) is 92.3 Å². The Morgan fingerprint density at radius 1 is 1.25 bits per heavy atom. The number of rotatable bonds is 4. The number of thiazole rings is 1. The average Bonchev–Trinajstić information content (AvgIpc) is 3.17. The van der Waals surface area contributed by atoms with Gasteiger partial charge in [0.05, 0.1) is 33.5 Å². The lowest BCUT2D eigenvalue weighted by Crippen LogP contribution is -2.30. The van der Waals surface area contributed by atoms with E-state index in [1.165, 1.54) is 0 Å². The van der Waals surface area contributed by atoms with Crippen molar-refractivity contribution >= 4 is 46.3 Å². The summed E-state index contributed by atoms with van der Waals surface area (Å²) >= 11 is 7.76. The molecular weight excluding hydrogens is 448 g/mol. The molecule has 9 heteroatoms. The molecule has 0 aliphatic carbocycles. The molecule has 1 aromatic heterocycles. The van der Waals surface area contributed by atoms with E-state index in [1.807, 2.05) is 24.3 Å². The molecule has 1 aliphatic rings. The molecule has 0 radical (unpaired) electrons. The number of hydrogen-bond acceptors (Lipinski definition) is 5. The minimum Gasteiger partial charge on any atom is -0.479 e. The van der Waals surface area contributed by atoms with Crippen molar-refractivity contribution in [2.75, 3.05) is 17.2 Å². The summed E-state index contributed by atoms with van der Waals surface area (Å²) < 4.78 is 5.48. The SMILES string of the molecule is CC(C)(C)c1nc(-c2cccc(Cl)c2)c(CNC(=O)Nc2cccc3c2OCC(=O)N3)s1. The third kappa shape index (κ3) is 4.87. The van der Waals surface area contributed by atoms with Crippen LogP contribution >= 0.6 is 22.9 Å². The molecule has 2 aromatic carbocycles. The van der Waals surface area contributed by atoms with Gasteiger partial charge in [-0.15, -0.1) is 11.3 Å². The third-order valence-electron chi connectivity index (χ3n) is 4.73. The summed E-state index contributed by atoms with van der Waals surface area (Å²) in [7, 11) is 0. The molecule has 3 aromatic rings. The molecule has 3 N–H and O–H groups in total. The van der Waals surface area contributed by atoms with Crippen molar-refractivity contribution in [1.29, 1.82) is 0 Å². The number of hydrogen-bond donors (Lipinski definition) is 3. The van der Waals surface area contributed by atoms with E-state index in [0.717, 1.165) is 21.1 Å². The summed E-state index contributed by atoms with van der Waals surface area (Å²) in [4.78, 5) is 29.9. The second-order valence-electron chi connectivity index (χ2n) is 8.38. The van der Waals surface area contributed by atoms with E-state index < -0.39 is 0 Å². The number of urea groups is 1. The summed E-state index contributed by atoms with van der Waals surface area (Å²) in [5.74, 6) is 0.210. The van der Waals surface area contributed by atoms with Crippen molar-refractivity contribution in [3.8, 4) is 17.0 Å². The quantitative estimate of drug-likeness (QED) is 0.475. The van der Waals surface area contributed by atoms with E-state index in [1.54, 1.807) is 29.5 Å². The van der Waals surface area contributed by atoms with Gasteiger partial charge in [0.1, 0.15) is 0 Å². The van der Waals surface area contributed by atoms with E-state index in [2.05, 4.69) is 36.7 Å². The first-order valence-corrected chi connectivity index (χ1v) is 11.3. The number of ether oxygens (including phenoxy) is 1. The molecule has 7 nitrogen and oxygen atoms in total. The molecular formula is C23H23ClN4O3S. The number of benzene rings is 2. The van der Waals surface area contributed by atoms with Crippen LogP contribution in [0.1, 0.15) is 30.7 Å². The number of carbonyl (C=O) groups is 2. The highest BCUT2D eigenvalue weighted by Gasteiger charge is 2.23. The lowest BCUT2D eigenvalue weighted by Gasteiger charge is -2.20. The molecule has 0 unspecified atom stereocenters. The first kappa shape index (κ1) is 22.1. The van der Waals surface area contributed by atoms with Crippen LogP contribution in [0.3, 0.4) is 0 Å². The number of halogens is 1. The van der Waals surface area contributed by atoms with Crippen molar-refractivity contribution in [2.24, 2.45) is 0 Å². The second-order valence-corrected chi connectivity index (χ2v) is 9.90. The maximum atomic E-state index is 12.6. The molecule has 1 aliphatic heterocycles. The number of para-hydroxylation sites is 1. The maximum absolute atomic E-state index is 12.6. The number of carbonyl (C=O) groups excluding carboxylic acids is 2. The maximum Gasteiger partial charge on any atom is 0.319 e. The van der Waals surface area contributed by atoms with Crippen LogP contribution in [0.5, 0.6) is 5.75 Å². The zero-order chi connectivity index (χ0) is 22.9. The van der Waals surface area contributed by atoms with Crippen LogP contribution in [0.2, 0.25) is 5.02 Å². The fourth-order valence-electron chi connectivity index (χ4n) is 3.19. The monoisotopic (exact) mass is 470 g/mol. The zero-order valence-electron chi connectivity index (χ0n) is 17.9. The largest absolute Gasteiger partial charge is 0.479 e. The van der Waals surface area contributed by atoms with Gasteiger partial charge in [0.25, 0.3) is 5.91 Å². The first-order valence-electron chi connectivity index (χ1n) is 10.1. The van der Waals surface area contributed by atoms with Crippen LogP contribution in [0.25, 0.3) is 11.3 Å². The standard InChI is InChI=1S/C23H23ClN4O3S/c1-23(2,3)21-28-19(13-6-4-7-14(24)10-13)17(32-21)11-25-22(30)27-16-9-5-8-15-20(16)31-12-18(29)26-15/h4-10H,11-12H2,1-3H3,(H,26,29)(H2,25,27,30). The number of anilines is 2. The third-order valence-corrected chi connectivity index (χ3v) is 6.45. The molecule has 0 spiro atoms. The fraction of sp³-hybridized carbons (Fsp3) is 0.261. The number of amides is 3. The van der Waals surface area contributed by atoms with Gasteiger partial charge in [0, 0.05) is 16.0 Å². The fourth-order valence-corrected chi connectivity index (χ4v) is 4.47. The molecule has 0 fully saturated rings. The summed E-state index contributed by atoms with van der Waals surface area (Å²) in [6, 6.07) is 12.3. The van der Waals surface area contributed by atoms with Gasteiger partial charge in [-0.3, -0.25) is 4.79 Å². The molecule has 4 rings (SSSR count). The number of nitrogens with one attached hydrogen (secondary N) is 3. The Morgan fingerprint density at radius 2 is 2.03 bits per heavy atom. The Morgan fingerprint density at radius 3 is 2.78 bits per heavy atom. The molecule has 32 heavy (non-hydrogen) atoms. The smallest absolute Gasteiger partial charge is 0.319 e. The molecule has 2 heterocycles. The summed E-state index contributed by atoms with van der Waals surface area (Å²) in [6.07, 6.45) is 0. The van der Waals surface area contributed by atoms with Crippen molar-refractivity contribution < 1.29 is 14.3 Å². The lowest BCUT2D eigenvalue weighted by atomic mass is 9.98. The van der Waals surface area contributed by atoms with Crippen LogP contribution < -0.4 is 20.7 Å². The molecule has 0 bridgehead atoms. The van der Waals surface area contributed by atoms with E-state index >= 15 is 0 Å². The summed E-state index contributed by atoms with van der Waals surface area (Å²) in [6.45, 7) is 6.53. The minimum atomic E-state index is -0.387. The van der Waals surface area contributed by atoms with Crippen LogP contribution in [0.15, 0.2) is 42.5 Å². The molecule has 3 amide bonds. The van der Waals surface area contributed by atoms with Crippen molar-refractivity contribution in [2.45, 2.75) is 32.7 Å². The first-order chi connectivity index (χ1) is 15.2. The highest BCUT2D eigenvalue weighted by Crippen LogP contribution is 2.36. The van der Waals surface area contributed by atoms with Crippen LogP contribution in [-0.2, 0) is 16.8 Å². The zero-order valence-corrected chi connectivity index (χ0v) is 19.5. The molecule has 0 saturated heterocycles. The van der Waals surface area contributed by atoms with Gasteiger partial charge < -0.3 is 20.7 Å². The van der Waals surface area contributed by atoms with Gasteiger partial charge in [-0.1, -0.05) is 50.6 Å². The van der Waals surface area contributed by atoms with Gasteiger partial charge in [-0.2, -0.15) is 0 Å². The number of aromatic nitrogens is 1. The van der Waals surface area contributed by atoms with Crippen LogP contribution in [0, 0.1) is 0 Å². The Labute approximate surface area is 195 Å². The Hall–Kier alpha value is -3.10. The second kappa shape index (κ2) is 8.80. The number of fused-ring (bicyclic) bond motifs is 1.